The lowest BCUT2D eigenvalue weighted by Gasteiger charge is -2.28. The Morgan fingerprint density at radius 2 is 1.69 bits per heavy atom. The van der Waals surface area contributed by atoms with Gasteiger partial charge in [0.05, 0.1) is 7.11 Å². The van der Waals surface area contributed by atoms with Crippen molar-refractivity contribution in [3.63, 3.8) is 0 Å². The van der Waals surface area contributed by atoms with Gasteiger partial charge in [-0.15, -0.1) is 0 Å². The molecule has 9 nitrogen and oxygen atoms in total. The molecule has 9 heteroatoms. The lowest BCUT2D eigenvalue weighted by molar-refractivity contribution is -0.124. The summed E-state index contributed by atoms with van der Waals surface area (Å²) in [6.07, 6.45) is 1.11. The molecule has 2 atom stereocenters. The quantitative estimate of drug-likeness (QED) is 0.169. The van der Waals surface area contributed by atoms with Crippen LogP contribution < -0.4 is 20.3 Å². The van der Waals surface area contributed by atoms with Gasteiger partial charge in [-0.3, -0.25) is 15.3 Å². The van der Waals surface area contributed by atoms with Crippen LogP contribution in [0.25, 0.3) is 0 Å². The van der Waals surface area contributed by atoms with E-state index in [2.05, 4.69) is 5.32 Å². The number of allylic oxidation sites excluding steroid dienone is 1. The minimum atomic E-state index is -0.939. The third-order valence-electron chi connectivity index (χ3n) is 5.15. The number of hydrogen-bond donors (Lipinski definition) is 4. The maximum atomic E-state index is 12.8. The molecule has 0 saturated heterocycles. The van der Waals surface area contributed by atoms with E-state index in [4.69, 9.17) is 19.4 Å². The van der Waals surface area contributed by atoms with Gasteiger partial charge in [-0.05, 0) is 49.2 Å². The van der Waals surface area contributed by atoms with Gasteiger partial charge in [0.1, 0.15) is 11.9 Å². The summed E-state index contributed by atoms with van der Waals surface area (Å²) >= 11 is 0. The van der Waals surface area contributed by atoms with Gasteiger partial charge in [-0.1, -0.05) is 48.5 Å². The summed E-state index contributed by atoms with van der Waals surface area (Å²) in [5, 5.41) is 21.8. The standard InChI is InChI=1S/C27H28N2O7/c1-34-23-17-16-19(18-22(23)30)26(36-27(32)28-20-10-4-2-5-11-20)24(14-8-9-15-25(31)29-33)35-21-12-6-3-7-13-21/h2-7,9-13,15-18,24,26,30,33H,8,14H2,1H3,(H,28,32)(H,29,31)/b15-9+/t24-,26-/m0/s1. The first-order chi connectivity index (χ1) is 17.5. The van der Waals surface area contributed by atoms with E-state index in [1.807, 2.05) is 24.3 Å². The maximum absolute atomic E-state index is 12.8. The van der Waals surface area contributed by atoms with Gasteiger partial charge in [0.25, 0.3) is 5.91 Å². The number of amides is 2. The summed E-state index contributed by atoms with van der Waals surface area (Å²) in [7, 11) is 1.44. The van der Waals surface area contributed by atoms with Crippen LogP contribution in [0.2, 0.25) is 0 Å². The number of nitrogens with one attached hydrogen (secondary N) is 2. The van der Waals surface area contributed by atoms with E-state index in [0.29, 0.717) is 29.8 Å². The van der Waals surface area contributed by atoms with Crippen LogP contribution in [0, 0.1) is 0 Å². The number of carbonyl (C=O) groups excluding carboxylic acids is 2. The summed E-state index contributed by atoms with van der Waals surface area (Å²) < 4.78 is 17.2. The SMILES string of the molecule is COc1ccc([C@H](OC(=O)Nc2ccccc2)[C@H](CC/C=C/C(=O)NO)Oc2ccccc2)cc1O. The van der Waals surface area contributed by atoms with Crippen molar-refractivity contribution >= 4 is 17.7 Å². The molecule has 0 aliphatic rings. The lowest BCUT2D eigenvalue weighted by atomic mass is 9.99. The number of rotatable bonds is 11. The van der Waals surface area contributed by atoms with Crippen molar-refractivity contribution in [2.45, 2.75) is 25.0 Å². The zero-order chi connectivity index (χ0) is 25.8. The molecule has 4 N–H and O–H groups in total. The van der Waals surface area contributed by atoms with E-state index in [1.165, 1.54) is 24.7 Å². The second-order valence-electron chi connectivity index (χ2n) is 7.67. The molecule has 3 aromatic rings. The number of para-hydroxylation sites is 2. The molecule has 0 heterocycles. The Labute approximate surface area is 208 Å². The highest BCUT2D eigenvalue weighted by atomic mass is 16.6. The highest BCUT2D eigenvalue weighted by Gasteiger charge is 2.30. The van der Waals surface area contributed by atoms with Gasteiger partial charge >= 0.3 is 6.09 Å². The van der Waals surface area contributed by atoms with Gasteiger partial charge in [-0.2, -0.15) is 0 Å². The van der Waals surface area contributed by atoms with Gasteiger partial charge in [0, 0.05) is 17.3 Å². The fourth-order valence-corrected chi connectivity index (χ4v) is 3.46. The summed E-state index contributed by atoms with van der Waals surface area (Å²) in [4.78, 5) is 24.2. The monoisotopic (exact) mass is 492 g/mol. The highest BCUT2D eigenvalue weighted by molar-refractivity contribution is 5.86. The van der Waals surface area contributed by atoms with Crippen molar-refractivity contribution < 1.29 is 34.1 Å². The molecular formula is C27H28N2O7. The number of carbonyl (C=O) groups is 2. The van der Waals surface area contributed by atoms with Crippen LogP contribution in [0.5, 0.6) is 17.2 Å². The predicted molar refractivity (Wildman–Crippen MR) is 133 cm³/mol. The zero-order valence-corrected chi connectivity index (χ0v) is 19.7. The van der Waals surface area contributed by atoms with E-state index in [0.717, 1.165) is 0 Å². The number of hydroxylamine groups is 1. The number of anilines is 1. The molecule has 188 valence electrons. The lowest BCUT2D eigenvalue weighted by Crippen LogP contribution is -2.31. The van der Waals surface area contributed by atoms with Crippen molar-refractivity contribution in [2.24, 2.45) is 0 Å². The molecule has 0 aliphatic carbocycles. The largest absolute Gasteiger partial charge is 0.504 e. The summed E-state index contributed by atoms with van der Waals surface area (Å²) in [6.45, 7) is 0. The molecular weight excluding hydrogens is 464 g/mol. The molecule has 0 fully saturated rings. The molecule has 0 unspecified atom stereocenters. The molecule has 0 aromatic heterocycles. The number of phenolic OH excluding ortho intramolecular Hbond substituents is 1. The Bertz CT molecular complexity index is 1150. The van der Waals surface area contributed by atoms with E-state index in [9.17, 15) is 14.7 Å². The van der Waals surface area contributed by atoms with Gasteiger partial charge < -0.3 is 19.3 Å². The second kappa shape index (κ2) is 13.4. The summed E-state index contributed by atoms with van der Waals surface area (Å²) in [5.41, 5.74) is 2.57. The normalized spacial score (nSPS) is 12.4. The maximum Gasteiger partial charge on any atom is 0.412 e. The van der Waals surface area contributed by atoms with Crippen LogP contribution >= 0.6 is 0 Å². The zero-order valence-electron chi connectivity index (χ0n) is 19.7. The molecule has 2 amide bonds. The Hall–Kier alpha value is -4.50. The first kappa shape index (κ1) is 26.1. The minimum Gasteiger partial charge on any atom is -0.504 e. The highest BCUT2D eigenvalue weighted by Crippen LogP contribution is 2.34. The number of phenols is 1. The van der Waals surface area contributed by atoms with Crippen LogP contribution in [-0.2, 0) is 9.53 Å². The van der Waals surface area contributed by atoms with E-state index < -0.39 is 24.2 Å². The van der Waals surface area contributed by atoms with E-state index in [-0.39, 0.29) is 11.5 Å². The number of methoxy groups -OCH3 is 1. The van der Waals surface area contributed by atoms with E-state index >= 15 is 0 Å². The van der Waals surface area contributed by atoms with Gasteiger partial charge in [0.15, 0.2) is 17.6 Å². The average molecular weight is 493 g/mol. The third-order valence-corrected chi connectivity index (χ3v) is 5.15. The third kappa shape index (κ3) is 7.78. The Kier molecular flexibility index (Phi) is 9.72. The Morgan fingerprint density at radius 3 is 2.33 bits per heavy atom. The number of ether oxygens (including phenoxy) is 3. The van der Waals surface area contributed by atoms with Crippen LogP contribution in [0.15, 0.2) is 91.0 Å². The Morgan fingerprint density at radius 1 is 1.00 bits per heavy atom. The number of benzene rings is 3. The minimum absolute atomic E-state index is 0.120. The van der Waals surface area contributed by atoms with Gasteiger partial charge in [0.2, 0.25) is 0 Å². The van der Waals surface area contributed by atoms with Crippen LogP contribution in [0.3, 0.4) is 0 Å². The predicted octanol–water partition coefficient (Wildman–Crippen LogP) is 4.98. The van der Waals surface area contributed by atoms with Crippen molar-refractivity contribution in [3.8, 4) is 17.2 Å². The van der Waals surface area contributed by atoms with Crippen LogP contribution in [0.1, 0.15) is 24.5 Å². The molecule has 3 rings (SSSR count). The summed E-state index contributed by atoms with van der Waals surface area (Å²) in [6, 6.07) is 22.6. The van der Waals surface area contributed by atoms with Gasteiger partial charge in [-0.25, -0.2) is 10.3 Å². The Balaban J connectivity index is 1.91. The molecule has 36 heavy (non-hydrogen) atoms. The molecule has 3 aromatic carbocycles. The number of aromatic hydroxyl groups is 1. The van der Waals surface area contributed by atoms with Crippen molar-refractivity contribution in [3.05, 3.63) is 96.6 Å². The average Bonchev–Trinajstić information content (AvgIpc) is 2.90. The van der Waals surface area contributed by atoms with Crippen molar-refractivity contribution in [2.75, 3.05) is 12.4 Å². The van der Waals surface area contributed by atoms with Crippen molar-refractivity contribution in [1.29, 1.82) is 0 Å². The van der Waals surface area contributed by atoms with E-state index in [1.54, 1.807) is 54.6 Å². The topological polar surface area (TPSA) is 126 Å². The molecule has 0 aliphatic heterocycles. The number of hydrogen-bond acceptors (Lipinski definition) is 7. The van der Waals surface area contributed by atoms with Crippen LogP contribution in [-0.4, -0.2) is 35.5 Å². The first-order valence-corrected chi connectivity index (χ1v) is 11.2. The summed E-state index contributed by atoms with van der Waals surface area (Å²) in [5.74, 6) is 0.0368. The second-order valence-corrected chi connectivity index (χ2v) is 7.67. The smallest absolute Gasteiger partial charge is 0.412 e. The molecule has 0 saturated carbocycles. The van der Waals surface area contributed by atoms with Crippen molar-refractivity contribution in [1.82, 2.24) is 5.48 Å². The molecule has 0 bridgehead atoms. The first-order valence-electron chi connectivity index (χ1n) is 11.2. The van der Waals surface area contributed by atoms with Crippen LogP contribution in [0.4, 0.5) is 10.5 Å². The molecule has 0 radical (unpaired) electrons. The molecule has 0 spiro atoms. The fourth-order valence-electron chi connectivity index (χ4n) is 3.46. The fraction of sp³-hybridized carbons (Fsp3) is 0.185.